The summed E-state index contributed by atoms with van der Waals surface area (Å²) in [6, 6.07) is 12.7. The Morgan fingerprint density at radius 3 is 2.20 bits per heavy atom. The molecule has 1 aromatic heterocycles. The number of aromatic nitrogens is 2. The minimum atomic E-state index is -4.74. The van der Waals surface area contributed by atoms with Crippen LogP contribution in [-0.4, -0.2) is 51.9 Å². The minimum Gasteiger partial charge on any atom is -0.481 e. The Morgan fingerprint density at radius 2 is 1.52 bits per heavy atom. The molecule has 2 heterocycles. The van der Waals surface area contributed by atoms with Crippen LogP contribution >= 0.6 is 0 Å². The highest BCUT2D eigenvalue weighted by molar-refractivity contribution is 6.13. The van der Waals surface area contributed by atoms with Crippen LogP contribution in [0.3, 0.4) is 0 Å². The molecule has 0 bridgehead atoms. The van der Waals surface area contributed by atoms with E-state index in [-0.39, 0.29) is 39.1 Å². The number of aliphatic carboxylic acids is 1. The lowest BCUT2D eigenvalue weighted by molar-refractivity contribution is -0.142. The van der Waals surface area contributed by atoms with Crippen molar-refractivity contribution in [1.82, 2.24) is 9.78 Å². The summed E-state index contributed by atoms with van der Waals surface area (Å²) in [7, 11) is 0. The number of anilines is 3. The molecule has 3 aromatic carbocycles. The Labute approximate surface area is 257 Å². The molecule has 0 unspecified atom stereocenters. The van der Waals surface area contributed by atoms with Crippen molar-refractivity contribution in [2.24, 2.45) is 0 Å². The van der Waals surface area contributed by atoms with Crippen molar-refractivity contribution >= 4 is 45.7 Å². The summed E-state index contributed by atoms with van der Waals surface area (Å²) in [6.45, 7) is -0.132. The van der Waals surface area contributed by atoms with Gasteiger partial charge in [-0.3, -0.25) is 19.1 Å². The third kappa shape index (κ3) is 7.41. The second-order valence-corrected chi connectivity index (χ2v) is 10.8. The second kappa shape index (κ2) is 12.7. The number of benzene rings is 3. The van der Waals surface area contributed by atoms with Crippen LogP contribution in [0.4, 0.5) is 43.4 Å². The fourth-order valence-electron chi connectivity index (χ4n) is 5.35. The van der Waals surface area contributed by atoms with Gasteiger partial charge < -0.3 is 20.6 Å². The van der Waals surface area contributed by atoms with Gasteiger partial charge in [0.2, 0.25) is 0 Å². The summed E-state index contributed by atoms with van der Waals surface area (Å²) in [5, 5.41) is 18.5. The topological polar surface area (TPSA) is 117 Å². The molecule has 5 rings (SSSR count). The number of carbonyl (C=O) groups is 3. The Bertz CT molecular complexity index is 1790. The first-order valence-corrected chi connectivity index (χ1v) is 14.2. The largest absolute Gasteiger partial charge is 0.481 e. The first-order valence-electron chi connectivity index (χ1n) is 14.2. The summed E-state index contributed by atoms with van der Waals surface area (Å²) >= 11 is 0. The van der Waals surface area contributed by atoms with Crippen LogP contribution in [0.25, 0.3) is 10.9 Å². The van der Waals surface area contributed by atoms with Crippen LogP contribution in [0.5, 0.6) is 0 Å². The molecule has 2 amide bonds. The zero-order valence-corrected chi connectivity index (χ0v) is 24.0. The quantitative estimate of drug-likeness (QED) is 0.183. The molecule has 0 atom stereocenters. The number of carbonyl (C=O) groups excluding carboxylic acids is 2. The lowest BCUT2D eigenvalue weighted by Gasteiger charge is -2.30. The number of nitrogens with one attached hydrogen (secondary N) is 2. The highest BCUT2D eigenvalue weighted by Crippen LogP contribution is 2.34. The smallest absolute Gasteiger partial charge is 0.416 e. The van der Waals surface area contributed by atoms with Gasteiger partial charge in [-0.25, -0.2) is 0 Å². The summed E-state index contributed by atoms with van der Waals surface area (Å²) in [5.74, 6) is -3.03. The van der Waals surface area contributed by atoms with E-state index in [9.17, 15) is 45.8 Å². The van der Waals surface area contributed by atoms with E-state index in [4.69, 9.17) is 0 Å². The van der Waals surface area contributed by atoms with Gasteiger partial charge in [0.1, 0.15) is 6.54 Å². The van der Waals surface area contributed by atoms with E-state index < -0.39 is 48.7 Å². The van der Waals surface area contributed by atoms with Gasteiger partial charge in [0.05, 0.1) is 28.9 Å². The number of nitrogens with zero attached hydrogens (tertiary/aromatic N) is 3. The van der Waals surface area contributed by atoms with E-state index in [0.717, 1.165) is 25.3 Å². The average Bonchev–Trinajstić information content (AvgIpc) is 3.34. The molecule has 1 aliphatic rings. The SMILES string of the molecule is O=C(O)Cc1cc(C(F)(F)F)ccc1NC(=O)c1ccc(N2CCCCC2)c(NC(=O)c2nn(CC(F)(F)F)c3ccccc23)c1. The maximum Gasteiger partial charge on any atom is 0.416 e. The Kier molecular flexibility index (Phi) is 8.94. The van der Waals surface area contributed by atoms with Crippen LogP contribution in [0.2, 0.25) is 0 Å². The number of piperidine rings is 1. The maximum absolute atomic E-state index is 13.5. The molecule has 1 saturated heterocycles. The summed E-state index contributed by atoms with van der Waals surface area (Å²) in [5.41, 5.74) is -0.974. The molecule has 46 heavy (non-hydrogen) atoms. The zero-order chi connectivity index (χ0) is 33.2. The van der Waals surface area contributed by atoms with Gasteiger partial charge >= 0.3 is 18.3 Å². The summed E-state index contributed by atoms with van der Waals surface area (Å²) in [6.07, 6.45) is -7.40. The normalized spacial score (nSPS) is 13.9. The van der Waals surface area contributed by atoms with Crippen molar-refractivity contribution in [3.8, 4) is 0 Å². The van der Waals surface area contributed by atoms with Crippen LogP contribution in [-0.2, 0) is 23.9 Å². The molecule has 4 aromatic rings. The van der Waals surface area contributed by atoms with Gasteiger partial charge in [-0.05, 0) is 67.3 Å². The molecule has 3 N–H and O–H groups in total. The first-order chi connectivity index (χ1) is 21.7. The zero-order valence-electron chi connectivity index (χ0n) is 24.0. The molecule has 9 nitrogen and oxygen atoms in total. The molecule has 0 saturated carbocycles. The highest BCUT2D eigenvalue weighted by atomic mass is 19.4. The third-order valence-corrected chi connectivity index (χ3v) is 7.43. The van der Waals surface area contributed by atoms with Gasteiger partial charge in [-0.1, -0.05) is 18.2 Å². The maximum atomic E-state index is 13.5. The van der Waals surface area contributed by atoms with Crippen LogP contribution in [0, 0.1) is 0 Å². The molecular formula is C31H27F6N5O4. The van der Waals surface area contributed by atoms with Crippen LogP contribution < -0.4 is 15.5 Å². The molecule has 242 valence electrons. The van der Waals surface area contributed by atoms with Gasteiger partial charge in [0.25, 0.3) is 11.8 Å². The van der Waals surface area contributed by atoms with Gasteiger partial charge in [0, 0.05) is 29.7 Å². The standard InChI is InChI=1S/C31H27F6N5O4/c32-30(33,34)17-42-24-7-3-2-6-21(24)27(40-42)29(46)39-23-15-18(8-11-25(23)41-12-4-1-5-13-41)28(45)38-22-10-9-20(31(35,36)37)14-19(22)16-26(43)44/h2-3,6-11,14-15H,1,4-5,12-13,16-17H2,(H,38,45)(H,39,46)(H,43,44). The Balaban J connectivity index is 1.49. The molecule has 0 spiro atoms. The van der Waals surface area contributed by atoms with Gasteiger partial charge in [-0.2, -0.15) is 31.4 Å². The fourth-order valence-corrected chi connectivity index (χ4v) is 5.35. The number of halogens is 6. The second-order valence-electron chi connectivity index (χ2n) is 10.8. The molecule has 15 heteroatoms. The van der Waals surface area contributed by atoms with Crippen molar-refractivity contribution in [3.05, 3.63) is 83.0 Å². The Hall–Kier alpha value is -5.08. The number of hydrogen-bond donors (Lipinski definition) is 3. The third-order valence-electron chi connectivity index (χ3n) is 7.43. The van der Waals surface area contributed by atoms with E-state index in [2.05, 4.69) is 15.7 Å². The molecule has 0 aliphatic carbocycles. The monoisotopic (exact) mass is 647 g/mol. The fraction of sp³-hybridized carbons (Fsp3) is 0.290. The molecular weight excluding hydrogens is 620 g/mol. The minimum absolute atomic E-state index is 0.0234. The average molecular weight is 648 g/mol. The molecule has 1 aliphatic heterocycles. The van der Waals surface area contributed by atoms with E-state index in [1.54, 1.807) is 12.1 Å². The highest BCUT2D eigenvalue weighted by Gasteiger charge is 2.32. The lowest BCUT2D eigenvalue weighted by atomic mass is 10.0. The number of hydrogen-bond acceptors (Lipinski definition) is 5. The van der Waals surface area contributed by atoms with Crippen molar-refractivity contribution < 1.29 is 45.8 Å². The van der Waals surface area contributed by atoms with E-state index >= 15 is 0 Å². The van der Waals surface area contributed by atoms with Gasteiger partial charge in [-0.15, -0.1) is 0 Å². The number of amides is 2. The van der Waals surface area contributed by atoms with E-state index in [1.165, 1.54) is 30.3 Å². The molecule has 0 radical (unpaired) electrons. The van der Waals surface area contributed by atoms with E-state index in [1.807, 2.05) is 4.90 Å². The van der Waals surface area contributed by atoms with Crippen LogP contribution in [0.15, 0.2) is 60.7 Å². The first kappa shape index (κ1) is 32.3. The number of rotatable bonds is 8. The number of carboxylic acids is 1. The van der Waals surface area contributed by atoms with Crippen molar-refractivity contribution in [2.75, 3.05) is 28.6 Å². The number of para-hydroxylation sites is 1. The summed E-state index contributed by atoms with van der Waals surface area (Å²) in [4.78, 5) is 40.2. The van der Waals surface area contributed by atoms with E-state index in [0.29, 0.717) is 35.6 Å². The predicted octanol–water partition coefficient (Wildman–Crippen LogP) is 6.74. The van der Waals surface area contributed by atoms with Crippen molar-refractivity contribution in [1.29, 1.82) is 0 Å². The lowest BCUT2D eigenvalue weighted by Crippen LogP contribution is -2.30. The number of alkyl halides is 6. The van der Waals surface area contributed by atoms with Crippen molar-refractivity contribution in [2.45, 2.75) is 44.6 Å². The van der Waals surface area contributed by atoms with Crippen LogP contribution in [0.1, 0.15) is 51.2 Å². The summed E-state index contributed by atoms with van der Waals surface area (Å²) < 4.78 is 80.2. The van der Waals surface area contributed by atoms with Gasteiger partial charge in [0.15, 0.2) is 5.69 Å². The number of fused-ring (bicyclic) bond motifs is 1. The molecule has 1 fully saturated rings. The number of carboxylic acid groups (broad SMARTS) is 1. The van der Waals surface area contributed by atoms with Crippen molar-refractivity contribution in [3.63, 3.8) is 0 Å². The predicted molar refractivity (Wildman–Crippen MR) is 157 cm³/mol. The Morgan fingerprint density at radius 1 is 0.826 bits per heavy atom.